The molecule has 4 heterocycles. The normalized spacial score (nSPS) is 19.5. The highest BCUT2D eigenvalue weighted by molar-refractivity contribution is 6.34. The van der Waals surface area contributed by atoms with Crippen molar-refractivity contribution >= 4 is 52.1 Å². The summed E-state index contributed by atoms with van der Waals surface area (Å²) in [5, 5.41) is 10.9. The summed E-state index contributed by atoms with van der Waals surface area (Å²) in [5.41, 5.74) is 6.82. The van der Waals surface area contributed by atoms with Gasteiger partial charge in [-0.2, -0.15) is 5.10 Å². The molecule has 3 aliphatic rings. The summed E-state index contributed by atoms with van der Waals surface area (Å²) in [6.07, 6.45) is 1.58. The number of hydrogen-bond acceptors (Lipinski definition) is 8. The molecule has 0 saturated carbocycles. The Morgan fingerprint density at radius 3 is 2.49 bits per heavy atom. The maximum atomic E-state index is 16.2. The van der Waals surface area contributed by atoms with Crippen LogP contribution in [0.3, 0.4) is 0 Å². The number of amides is 5. The number of likely N-dealkylation sites (tertiary alicyclic amines) is 1. The van der Waals surface area contributed by atoms with Gasteiger partial charge in [-0.25, -0.2) is 13.6 Å². The first kappa shape index (κ1) is 39.8. The van der Waals surface area contributed by atoms with Gasteiger partial charge < -0.3 is 25.4 Å². The Hall–Kier alpha value is -6.06. The number of carbonyl (C=O) groups is 4. The third kappa shape index (κ3) is 6.91. The minimum absolute atomic E-state index is 0.0122. The van der Waals surface area contributed by atoms with Crippen molar-refractivity contribution in [3.63, 3.8) is 0 Å². The van der Waals surface area contributed by atoms with E-state index >= 15 is 8.78 Å². The number of nitrogens with one attached hydrogen (secondary N) is 2. The summed E-state index contributed by atoms with van der Waals surface area (Å²) in [6, 6.07) is 18.3. The van der Waals surface area contributed by atoms with E-state index < -0.39 is 35.1 Å². The lowest BCUT2D eigenvalue weighted by atomic mass is 9.77. The van der Waals surface area contributed by atoms with E-state index in [9.17, 15) is 19.2 Å². The molecule has 0 radical (unpaired) electrons. The average molecular weight is 826 g/mol. The van der Waals surface area contributed by atoms with Gasteiger partial charge in [0, 0.05) is 79.8 Å². The fraction of sp³-hybridized carbons (Fsp3) is 0.326. The van der Waals surface area contributed by atoms with Crippen LogP contribution >= 0.6 is 11.6 Å². The zero-order valence-corrected chi connectivity index (χ0v) is 33.4. The molecule has 0 spiro atoms. The second-order valence-corrected chi connectivity index (χ2v) is 15.5. The number of aryl methyl sites for hydroxylation is 1. The van der Waals surface area contributed by atoms with E-state index in [-0.39, 0.29) is 77.0 Å². The quantitative estimate of drug-likeness (QED) is 0.156. The SMILES string of the molecule is COc1ccc(C(N)=O)c(-c2c(Cl)c(F)cc3c2C(C)C(CNC2CCN(C(=O)Cc4cccc5c(N6CCC(=O)NC6=O)nn(C)c45)CC2)(c2ccccc2)O3)c1F. The summed E-state index contributed by atoms with van der Waals surface area (Å²) in [5.74, 6) is -3.20. The first-order valence-electron chi connectivity index (χ1n) is 19.3. The zero-order chi connectivity index (χ0) is 41.7. The lowest BCUT2D eigenvalue weighted by molar-refractivity contribution is -0.131. The van der Waals surface area contributed by atoms with Crippen molar-refractivity contribution in [3.8, 4) is 22.6 Å². The fourth-order valence-corrected chi connectivity index (χ4v) is 9.04. The first-order valence-corrected chi connectivity index (χ1v) is 19.7. The van der Waals surface area contributed by atoms with Crippen molar-refractivity contribution in [1.82, 2.24) is 25.3 Å². The minimum atomic E-state index is -1.12. The molecule has 8 rings (SSSR count). The first-order chi connectivity index (χ1) is 28.3. The highest BCUT2D eigenvalue weighted by atomic mass is 35.5. The van der Waals surface area contributed by atoms with Crippen molar-refractivity contribution < 1.29 is 37.4 Å². The highest BCUT2D eigenvalue weighted by Gasteiger charge is 2.50. The summed E-state index contributed by atoms with van der Waals surface area (Å²) in [4.78, 5) is 54.0. The Morgan fingerprint density at radius 1 is 1.05 bits per heavy atom. The van der Waals surface area contributed by atoms with Gasteiger partial charge in [0.05, 0.1) is 29.6 Å². The number of halogens is 3. The number of aromatic nitrogens is 2. The monoisotopic (exact) mass is 825 g/mol. The minimum Gasteiger partial charge on any atom is -0.494 e. The molecule has 2 fully saturated rings. The van der Waals surface area contributed by atoms with Crippen molar-refractivity contribution in [1.29, 1.82) is 0 Å². The predicted molar refractivity (Wildman–Crippen MR) is 217 cm³/mol. The van der Waals surface area contributed by atoms with Gasteiger partial charge in [-0.15, -0.1) is 0 Å². The number of ether oxygens (including phenoxy) is 2. The number of imide groups is 1. The van der Waals surface area contributed by atoms with E-state index in [0.29, 0.717) is 42.7 Å². The third-order valence-electron chi connectivity index (χ3n) is 11.8. The van der Waals surface area contributed by atoms with E-state index in [4.69, 9.17) is 26.8 Å². The largest absolute Gasteiger partial charge is 0.494 e. The molecule has 1 aromatic heterocycles. The van der Waals surface area contributed by atoms with Crippen LogP contribution in [0.4, 0.5) is 19.4 Å². The molecular weight excluding hydrogens is 784 g/mol. The van der Waals surface area contributed by atoms with Crippen LogP contribution in [0.2, 0.25) is 5.02 Å². The molecule has 2 atom stereocenters. The second-order valence-electron chi connectivity index (χ2n) is 15.1. The van der Waals surface area contributed by atoms with Crippen molar-refractivity contribution in [2.24, 2.45) is 12.8 Å². The number of primary amides is 1. The molecule has 2 unspecified atom stereocenters. The topological polar surface area (TPSA) is 161 Å². The standard InChI is InChI=1S/C43H42ClF2N7O6/c1-23-34-31(21-29(45)37(44)36(34)35-27(40(47)56)12-13-30(58-3)38(35)46)59-43(23,25-9-5-4-6-10-25)22-48-26-14-17-52(18-15-26)33(55)20-24-8-7-11-28-39(24)51(2)50-41(28)53-19-16-32(54)49-42(53)57/h4-13,21,23,26,48H,14-20,22H2,1-3H3,(H2,47,56)(H,49,54,57). The van der Waals surface area contributed by atoms with Crippen LogP contribution in [-0.2, 0) is 28.7 Å². The van der Waals surface area contributed by atoms with Crippen LogP contribution in [0, 0.1) is 11.6 Å². The summed E-state index contributed by atoms with van der Waals surface area (Å²) in [7, 11) is 3.05. The van der Waals surface area contributed by atoms with Crippen LogP contribution < -0.4 is 30.7 Å². The lowest BCUT2D eigenvalue weighted by Crippen LogP contribution is -2.51. The Kier molecular flexibility index (Phi) is 10.5. The third-order valence-corrected chi connectivity index (χ3v) is 12.2. The van der Waals surface area contributed by atoms with Crippen LogP contribution in [-0.4, -0.2) is 77.8 Å². The average Bonchev–Trinajstić information content (AvgIpc) is 3.71. The number of rotatable bonds is 10. The van der Waals surface area contributed by atoms with E-state index in [2.05, 4.69) is 15.7 Å². The molecule has 4 aromatic carbocycles. The van der Waals surface area contributed by atoms with Gasteiger partial charge in [0.25, 0.3) is 0 Å². The summed E-state index contributed by atoms with van der Waals surface area (Å²) < 4.78 is 45.5. The molecule has 59 heavy (non-hydrogen) atoms. The fourth-order valence-electron chi connectivity index (χ4n) is 8.79. The van der Waals surface area contributed by atoms with E-state index in [1.54, 1.807) is 11.7 Å². The molecule has 306 valence electrons. The molecule has 0 aliphatic carbocycles. The van der Waals surface area contributed by atoms with Gasteiger partial charge in [-0.3, -0.25) is 29.3 Å². The van der Waals surface area contributed by atoms with Gasteiger partial charge >= 0.3 is 6.03 Å². The molecule has 4 N–H and O–H groups in total. The van der Waals surface area contributed by atoms with Crippen LogP contribution in [0.15, 0.2) is 66.7 Å². The number of para-hydroxylation sites is 1. The van der Waals surface area contributed by atoms with Crippen LogP contribution in [0.1, 0.15) is 59.2 Å². The van der Waals surface area contributed by atoms with E-state index in [1.807, 2.05) is 60.4 Å². The smallest absolute Gasteiger partial charge is 0.329 e. The number of anilines is 1. The maximum Gasteiger partial charge on any atom is 0.329 e. The number of urea groups is 1. The number of hydrogen-bond donors (Lipinski definition) is 3. The number of carbonyl (C=O) groups excluding carboxylic acids is 4. The maximum absolute atomic E-state index is 16.2. The second kappa shape index (κ2) is 15.6. The van der Waals surface area contributed by atoms with E-state index in [0.717, 1.165) is 16.6 Å². The number of nitrogens with zero attached hydrogens (tertiary/aromatic N) is 4. The molecule has 13 nitrogen and oxygen atoms in total. The molecule has 0 bridgehead atoms. The Labute approximate surface area is 343 Å². The number of benzene rings is 4. The summed E-state index contributed by atoms with van der Waals surface area (Å²) >= 11 is 6.66. The molecule has 3 aliphatic heterocycles. The van der Waals surface area contributed by atoms with Gasteiger partial charge in [0.2, 0.25) is 17.7 Å². The number of nitrogens with two attached hydrogens (primary N) is 1. The predicted octanol–water partition coefficient (Wildman–Crippen LogP) is 5.94. The Bertz CT molecular complexity index is 2530. The number of fused-ring (bicyclic) bond motifs is 2. The van der Waals surface area contributed by atoms with Gasteiger partial charge in [-0.05, 0) is 42.2 Å². The van der Waals surface area contributed by atoms with Gasteiger partial charge in [0.1, 0.15) is 11.6 Å². The van der Waals surface area contributed by atoms with Gasteiger partial charge in [0.15, 0.2) is 23.0 Å². The molecule has 5 amide bonds. The molecule has 5 aromatic rings. The summed E-state index contributed by atoms with van der Waals surface area (Å²) in [6.45, 7) is 3.37. The Morgan fingerprint density at radius 2 is 1.80 bits per heavy atom. The molecule has 16 heteroatoms. The molecular formula is C43H42ClF2N7O6. The van der Waals surface area contributed by atoms with Crippen molar-refractivity contribution in [2.45, 2.75) is 50.2 Å². The van der Waals surface area contributed by atoms with E-state index in [1.165, 1.54) is 30.2 Å². The van der Waals surface area contributed by atoms with Gasteiger partial charge in [-0.1, -0.05) is 61.0 Å². The van der Waals surface area contributed by atoms with Crippen LogP contribution in [0.5, 0.6) is 11.5 Å². The zero-order valence-electron chi connectivity index (χ0n) is 32.6. The van der Waals surface area contributed by atoms with Crippen LogP contribution in [0.25, 0.3) is 22.0 Å². The van der Waals surface area contributed by atoms with Crippen molar-refractivity contribution in [3.05, 3.63) is 106 Å². The number of methoxy groups -OCH3 is 1. The Balaban J connectivity index is 1.01. The number of piperidine rings is 1. The molecule has 2 saturated heterocycles. The lowest BCUT2D eigenvalue weighted by Gasteiger charge is -2.38. The highest BCUT2D eigenvalue weighted by Crippen LogP contribution is 2.56. The van der Waals surface area contributed by atoms with Crippen molar-refractivity contribution in [2.75, 3.05) is 38.2 Å².